The Hall–Kier alpha value is -0.370. The lowest BCUT2D eigenvalue weighted by Crippen LogP contribution is -2.03. The minimum absolute atomic E-state index is 0.173. The maximum absolute atomic E-state index is 12.5. The van der Waals surface area contributed by atoms with Crippen molar-refractivity contribution in [3.8, 4) is 0 Å². The Morgan fingerprint density at radius 3 is 2.08 bits per heavy atom. The zero-order valence-electron chi connectivity index (χ0n) is 7.22. The summed E-state index contributed by atoms with van der Waals surface area (Å²) >= 11 is 3.50. The normalized spacial score (nSPS) is 15.7. The monoisotopic (exact) mass is 230 g/mol. The average Bonchev–Trinajstić information content (AvgIpc) is 2.04. The van der Waals surface area contributed by atoms with Crippen LogP contribution in [-0.2, 0) is 0 Å². The van der Waals surface area contributed by atoms with Crippen LogP contribution in [0.4, 0.5) is 4.39 Å². The molecule has 0 saturated carbocycles. The molecule has 0 saturated heterocycles. The Balaban J connectivity index is 2.82. The molecule has 0 bridgehead atoms. The summed E-state index contributed by atoms with van der Waals surface area (Å²) < 4.78 is 12.5. The van der Waals surface area contributed by atoms with Crippen molar-refractivity contribution in [1.82, 2.24) is 0 Å². The van der Waals surface area contributed by atoms with E-state index in [1.54, 1.807) is 0 Å². The van der Waals surface area contributed by atoms with E-state index in [1.165, 1.54) is 17.7 Å². The minimum atomic E-state index is -0.173. The van der Waals surface area contributed by atoms with Gasteiger partial charge in [-0.05, 0) is 23.6 Å². The first kappa shape index (κ1) is 9.72. The van der Waals surface area contributed by atoms with Gasteiger partial charge in [-0.2, -0.15) is 0 Å². The predicted molar refractivity (Wildman–Crippen MR) is 53.2 cm³/mol. The smallest absolute Gasteiger partial charge is 0.123 e. The van der Waals surface area contributed by atoms with Crippen LogP contribution in [0.1, 0.15) is 25.3 Å². The molecule has 0 aromatic heterocycles. The first-order valence-corrected chi connectivity index (χ1v) is 4.92. The van der Waals surface area contributed by atoms with E-state index in [0.29, 0.717) is 10.7 Å². The lowest BCUT2D eigenvalue weighted by Gasteiger charge is -2.13. The Bertz CT molecular complexity index is 241. The van der Waals surface area contributed by atoms with E-state index >= 15 is 0 Å². The second-order valence-corrected chi connectivity index (χ2v) is 4.46. The highest BCUT2D eigenvalue weighted by atomic mass is 79.9. The van der Waals surface area contributed by atoms with Crippen molar-refractivity contribution >= 4 is 15.9 Å². The molecule has 2 atom stereocenters. The van der Waals surface area contributed by atoms with Crippen molar-refractivity contribution < 1.29 is 4.39 Å². The van der Waals surface area contributed by atoms with Gasteiger partial charge in [0.05, 0.1) is 0 Å². The first-order chi connectivity index (χ1) is 5.61. The van der Waals surface area contributed by atoms with Gasteiger partial charge in [-0.25, -0.2) is 4.39 Å². The van der Waals surface area contributed by atoms with Gasteiger partial charge in [-0.3, -0.25) is 0 Å². The number of hydrogen-bond acceptors (Lipinski definition) is 0. The van der Waals surface area contributed by atoms with Gasteiger partial charge in [-0.1, -0.05) is 41.9 Å². The molecule has 2 heteroatoms. The Labute approximate surface area is 80.9 Å². The number of halogens is 2. The standard InChI is InChI=1S/C10H12BrF/c1-7(8(2)11)9-3-5-10(12)6-4-9/h3-8H,1-2H3. The van der Waals surface area contributed by atoms with Gasteiger partial charge in [0.1, 0.15) is 5.82 Å². The topological polar surface area (TPSA) is 0 Å². The van der Waals surface area contributed by atoms with E-state index in [1.807, 2.05) is 12.1 Å². The highest BCUT2D eigenvalue weighted by molar-refractivity contribution is 9.09. The third-order valence-corrected chi connectivity index (χ3v) is 2.88. The van der Waals surface area contributed by atoms with E-state index in [2.05, 4.69) is 29.8 Å². The summed E-state index contributed by atoms with van der Waals surface area (Å²) in [6.07, 6.45) is 0. The Morgan fingerprint density at radius 2 is 1.67 bits per heavy atom. The molecule has 0 aliphatic rings. The van der Waals surface area contributed by atoms with Crippen LogP contribution in [0.5, 0.6) is 0 Å². The molecule has 1 rings (SSSR count). The molecule has 0 heterocycles. The Kier molecular flexibility index (Phi) is 3.27. The number of rotatable bonds is 2. The largest absolute Gasteiger partial charge is 0.207 e. The fourth-order valence-electron chi connectivity index (χ4n) is 1.03. The number of hydrogen-bond donors (Lipinski definition) is 0. The molecule has 66 valence electrons. The summed E-state index contributed by atoms with van der Waals surface area (Å²) in [5, 5.41) is 0. The molecule has 1 aromatic carbocycles. The fourth-order valence-corrected chi connectivity index (χ4v) is 1.34. The minimum Gasteiger partial charge on any atom is -0.207 e. The molecule has 0 spiro atoms. The fraction of sp³-hybridized carbons (Fsp3) is 0.400. The van der Waals surface area contributed by atoms with Crippen LogP contribution in [0, 0.1) is 5.82 Å². The van der Waals surface area contributed by atoms with Gasteiger partial charge in [-0.15, -0.1) is 0 Å². The van der Waals surface area contributed by atoms with Gasteiger partial charge in [0.25, 0.3) is 0 Å². The molecule has 0 radical (unpaired) electrons. The van der Waals surface area contributed by atoms with Crippen LogP contribution in [0.3, 0.4) is 0 Å². The average molecular weight is 231 g/mol. The summed E-state index contributed by atoms with van der Waals surface area (Å²) in [6.45, 7) is 4.21. The van der Waals surface area contributed by atoms with E-state index in [-0.39, 0.29) is 5.82 Å². The van der Waals surface area contributed by atoms with Crippen LogP contribution in [0.2, 0.25) is 0 Å². The maximum Gasteiger partial charge on any atom is 0.123 e. The second-order valence-electron chi connectivity index (χ2n) is 3.02. The molecule has 12 heavy (non-hydrogen) atoms. The van der Waals surface area contributed by atoms with E-state index in [9.17, 15) is 4.39 Å². The lowest BCUT2D eigenvalue weighted by molar-refractivity contribution is 0.625. The summed E-state index contributed by atoms with van der Waals surface area (Å²) in [7, 11) is 0. The van der Waals surface area contributed by atoms with Crippen molar-refractivity contribution in [3.05, 3.63) is 35.6 Å². The zero-order chi connectivity index (χ0) is 9.14. The van der Waals surface area contributed by atoms with Gasteiger partial charge in [0.2, 0.25) is 0 Å². The summed E-state index contributed by atoms with van der Waals surface area (Å²) in [5.41, 5.74) is 1.17. The van der Waals surface area contributed by atoms with Crippen LogP contribution in [0.15, 0.2) is 24.3 Å². The molecule has 0 aliphatic carbocycles. The quantitative estimate of drug-likeness (QED) is 0.680. The molecule has 0 amide bonds. The molecule has 0 aliphatic heterocycles. The zero-order valence-corrected chi connectivity index (χ0v) is 8.81. The van der Waals surface area contributed by atoms with Gasteiger partial charge in [0, 0.05) is 4.83 Å². The third kappa shape index (κ3) is 2.31. The van der Waals surface area contributed by atoms with E-state index < -0.39 is 0 Å². The third-order valence-electron chi connectivity index (χ3n) is 2.08. The van der Waals surface area contributed by atoms with Crippen LogP contribution < -0.4 is 0 Å². The maximum atomic E-state index is 12.5. The summed E-state index contributed by atoms with van der Waals surface area (Å²) in [5.74, 6) is 0.249. The van der Waals surface area contributed by atoms with Gasteiger partial charge < -0.3 is 0 Å². The van der Waals surface area contributed by atoms with Crippen LogP contribution in [-0.4, -0.2) is 4.83 Å². The van der Waals surface area contributed by atoms with Crippen LogP contribution >= 0.6 is 15.9 Å². The van der Waals surface area contributed by atoms with Gasteiger partial charge >= 0.3 is 0 Å². The van der Waals surface area contributed by atoms with Crippen molar-refractivity contribution in [3.63, 3.8) is 0 Å². The Morgan fingerprint density at radius 1 is 1.17 bits per heavy atom. The summed E-state index contributed by atoms with van der Waals surface area (Å²) in [6, 6.07) is 6.66. The molecule has 1 aromatic rings. The second kappa shape index (κ2) is 4.04. The molecule has 0 fully saturated rings. The molecule has 0 nitrogen and oxygen atoms in total. The molecular weight excluding hydrogens is 219 g/mol. The van der Waals surface area contributed by atoms with Gasteiger partial charge in [0.15, 0.2) is 0 Å². The highest BCUT2D eigenvalue weighted by Crippen LogP contribution is 2.23. The summed E-state index contributed by atoms with van der Waals surface area (Å²) in [4.78, 5) is 0.419. The number of alkyl halides is 1. The van der Waals surface area contributed by atoms with Crippen molar-refractivity contribution in [1.29, 1.82) is 0 Å². The molecular formula is C10H12BrF. The highest BCUT2D eigenvalue weighted by Gasteiger charge is 2.10. The first-order valence-electron chi connectivity index (χ1n) is 4.01. The van der Waals surface area contributed by atoms with Crippen molar-refractivity contribution in [2.45, 2.75) is 24.6 Å². The van der Waals surface area contributed by atoms with E-state index in [0.717, 1.165) is 0 Å². The van der Waals surface area contributed by atoms with Crippen molar-refractivity contribution in [2.24, 2.45) is 0 Å². The van der Waals surface area contributed by atoms with Crippen molar-refractivity contribution in [2.75, 3.05) is 0 Å². The van der Waals surface area contributed by atoms with E-state index in [4.69, 9.17) is 0 Å². The lowest BCUT2D eigenvalue weighted by atomic mass is 9.99. The molecule has 2 unspecified atom stereocenters. The predicted octanol–water partition coefficient (Wildman–Crippen LogP) is 3.71. The number of benzene rings is 1. The molecule has 0 N–H and O–H groups in total. The van der Waals surface area contributed by atoms with Crippen LogP contribution in [0.25, 0.3) is 0 Å². The SMILES string of the molecule is CC(Br)C(C)c1ccc(F)cc1.